The molecule has 4 fully saturated rings. The number of rotatable bonds is 9. The highest BCUT2D eigenvalue weighted by Crippen LogP contribution is 2.55. The molecular weight excluding hydrogens is 432 g/mol. The topological polar surface area (TPSA) is 105 Å². The fourth-order valence-electron chi connectivity index (χ4n) is 6.17. The summed E-state index contributed by atoms with van der Waals surface area (Å²) in [6.07, 6.45) is 9.64. The van der Waals surface area contributed by atoms with Crippen LogP contribution in [-0.4, -0.2) is 51.5 Å². The Labute approximate surface area is 202 Å². The first-order valence-electron chi connectivity index (χ1n) is 12.7. The third kappa shape index (κ3) is 5.02. The van der Waals surface area contributed by atoms with Crippen LogP contribution in [0.3, 0.4) is 0 Å². The van der Waals surface area contributed by atoms with Crippen LogP contribution in [0.25, 0.3) is 6.20 Å². The van der Waals surface area contributed by atoms with Crippen molar-refractivity contribution < 1.29 is 19.4 Å². The molecule has 8 nitrogen and oxygen atoms in total. The molecule has 4 aliphatic rings. The van der Waals surface area contributed by atoms with Crippen LogP contribution in [0.15, 0.2) is 12.3 Å². The minimum Gasteiger partial charge on any atom is -0.477 e. The van der Waals surface area contributed by atoms with Gasteiger partial charge in [0.25, 0.3) is 5.91 Å². The molecule has 8 heteroatoms. The zero-order valence-electron chi connectivity index (χ0n) is 21.1. The maximum atomic E-state index is 13.4. The second-order valence-corrected chi connectivity index (χ2v) is 11.6. The molecule has 188 valence electrons. The number of nitrogens with one attached hydrogen (secondary N) is 2. The lowest BCUT2D eigenvalue weighted by molar-refractivity contribution is -0.137. The number of carbonyl (C=O) groups excluding carboxylic acids is 2. The Balaban J connectivity index is 1.53. The molecule has 0 aliphatic heterocycles. The minimum absolute atomic E-state index is 0.0791. The van der Waals surface area contributed by atoms with E-state index in [0.717, 1.165) is 32.1 Å². The van der Waals surface area contributed by atoms with Gasteiger partial charge in [-0.15, -0.1) is 0 Å². The van der Waals surface area contributed by atoms with Gasteiger partial charge in [-0.25, -0.2) is 4.68 Å². The first kappa shape index (κ1) is 24.8. The van der Waals surface area contributed by atoms with Crippen molar-refractivity contribution in [2.75, 3.05) is 13.2 Å². The fourth-order valence-corrected chi connectivity index (χ4v) is 6.17. The summed E-state index contributed by atoms with van der Waals surface area (Å²) in [6, 6.07) is 0.0813. The highest BCUT2D eigenvalue weighted by atomic mass is 16.5. The van der Waals surface area contributed by atoms with Gasteiger partial charge < -0.3 is 20.5 Å². The maximum absolute atomic E-state index is 13.4. The van der Waals surface area contributed by atoms with Crippen molar-refractivity contribution in [3.8, 4) is 5.88 Å². The molecule has 3 N–H and O–H groups in total. The number of amides is 2. The molecule has 1 aromatic rings. The Morgan fingerprint density at radius 1 is 1.29 bits per heavy atom. The van der Waals surface area contributed by atoms with Crippen LogP contribution in [0, 0.1) is 29.1 Å². The highest BCUT2D eigenvalue weighted by molar-refractivity contribution is 5.96. The highest BCUT2D eigenvalue weighted by Gasteiger charge is 2.55. The quantitative estimate of drug-likeness (QED) is 0.512. The third-order valence-corrected chi connectivity index (χ3v) is 7.64. The summed E-state index contributed by atoms with van der Waals surface area (Å²) >= 11 is 0. The summed E-state index contributed by atoms with van der Waals surface area (Å²) in [4.78, 5) is 25.8. The second-order valence-electron chi connectivity index (χ2n) is 11.6. The van der Waals surface area contributed by atoms with Gasteiger partial charge in [-0.1, -0.05) is 19.9 Å². The van der Waals surface area contributed by atoms with E-state index in [-0.39, 0.29) is 23.8 Å². The van der Waals surface area contributed by atoms with E-state index in [1.54, 1.807) is 12.3 Å². The molecule has 4 saturated carbocycles. The van der Waals surface area contributed by atoms with Crippen LogP contribution in [0.1, 0.15) is 77.1 Å². The van der Waals surface area contributed by atoms with Crippen LogP contribution in [0.4, 0.5) is 0 Å². The third-order valence-electron chi connectivity index (χ3n) is 7.64. The van der Waals surface area contributed by atoms with Gasteiger partial charge in [-0.05, 0) is 76.5 Å². The normalized spacial score (nSPS) is 30.2. The maximum Gasteiger partial charge on any atom is 0.258 e. The summed E-state index contributed by atoms with van der Waals surface area (Å²) in [7, 11) is 0. The van der Waals surface area contributed by atoms with E-state index in [4.69, 9.17) is 4.74 Å². The summed E-state index contributed by atoms with van der Waals surface area (Å²) in [6.45, 7) is 10.7. The van der Waals surface area contributed by atoms with Gasteiger partial charge >= 0.3 is 0 Å². The molecule has 0 spiro atoms. The van der Waals surface area contributed by atoms with Gasteiger partial charge in [0.1, 0.15) is 5.56 Å². The number of carbonyl (C=O) groups is 2. The molecule has 2 atom stereocenters. The van der Waals surface area contributed by atoms with Gasteiger partial charge in [-0.2, -0.15) is 5.10 Å². The average molecular weight is 473 g/mol. The van der Waals surface area contributed by atoms with E-state index >= 15 is 0 Å². The van der Waals surface area contributed by atoms with Gasteiger partial charge in [0.2, 0.25) is 11.8 Å². The molecule has 5 rings (SSSR count). The first-order valence-corrected chi connectivity index (χ1v) is 12.7. The van der Waals surface area contributed by atoms with E-state index in [9.17, 15) is 14.7 Å². The SMILES string of the molecule is CCNC(=O)C(C)(C)C=Cn1ncc(C(=O)NC2C3CC4CC2CC(O)(C4)C3)c1OCC(C)C. The predicted octanol–water partition coefficient (Wildman–Crippen LogP) is 3.22. The van der Waals surface area contributed by atoms with Gasteiger partial charge in [0, 0.05) is 18.8 Å². The monoisotopic (exact) mass is 472 g/mol. The Bertz CT molecular complexity index is 935. The number of aliphatic hydroxyl groups is 1. The lowest BCUT2D eigenvalue weighted by atomic mass is 9.52. The van der Waals surface area contributed by atoms with Gasteiger partial charge in [-0.3, -0.25) is 9.59 Å². The largest absolute Gasteiger partial charge is 0.477 e. The van der Waals surface area contributed by atoms with E-state index in [1.807, 2.05) is 34.6 Å². The van der Waals surface area contributed by atoms with Crippen molar-refractivity contribution in [1.82, 2.24) is 20.4 Å². The van der Waals surface area contributed by atoms with E-state index in [0.29, 0.717) is 42.3 Å². The Morgan fingerprint density at radius 2 is 1.97 bits per heavy atom. The average Bonchev–Trinajstić information content (AvgIpc) is 3.15. The van der Waals surface area contributed by atoms with Crippen LogP contribution in [0.2, 0.25) is 0 Å². The van der Waals surface area contributed by atoms with Crippen molar-refractivity contribution >= 4 is 18.0 Å². The Hall–Kier alpha value is -2.35. The molecule has 1 aromatic heterocycles. The van der Waals surface area contributed by atoms with E-state index in [2.05, 4.69) is 15.7 Å². The van der Waals surface area contributed by atoms with Crippen LogP contribution in [0.5, 0.6) is 5.88 Å². The molecule has 0 aromatic carbocycles. The summed E-state index contributed by atoms with van der Waals surface area (Å²) < 4.78 is 7.57. The zero-order valence-corrected chi connectivity index (χ0v) is 21.1. The number of hydrogen-bond acceptors (Lipinski definition) is 5. The van der Waals surface area contributed by atoms with Crippen LogP contribution < -0.4 is 15.4 Å². The summed E-state index contributed by atoms with van der Waals surface area (Å²) in [5.41, 5.74) is -0.871. The predicted molar refractivity (Wildman–Crippen MR) is 130 cm³/mol. The molecule has 34 heavy (non-hydrogen) atoms. The summed E-state index contributed by atoms with van der Waals surface area (Å²) in [5, 5.41) is 21.4. The standard InChI is InChI=1S/C26H40N4O4/c1-6-27-24(32)25(4,5)7-8-30-23(34-15-16(2)3)20(14-28-30)22(31)29-21-18-9-17-10-19(21)13-26(33,11-17)12-18/h7-8,14,16-19,21,33H,6,9-13,15H2,1-5H3,(H,27,32)(H,29,31). The van der Waals surface area contributed by atoms with Crippen molar-refractivity contribution in [2.24, 2.45) is 29.1 Å². The lowest BCUT2D eigenvalue weighted by Crippen LogP contribution is -2.61. The van der Waals surface area contributed by atoms with Gasteiger partial charge in [0.15, 0.2) is 0 Å². The Kier molecular flexibility index (Phi) is 6.82. The van der Waals surface area contributed by atoms with E-state index < -0.39 is 11.0 Å². The van der Waals surface area contributed by atoms with Crippen molar-refractivity contribution in [3.63, 3.8) is 0 Å². The van der Waals surface area contributed by atoms with Crippen LogP contribution in [-0.2, 0) is 4.79 Å². The molecule has 4 aliphatic carbocycles. The van der Waals surface area contributed by atoms with Crippen molar-refractivity contribution in [1.29, 1.82) is 0 Å². The molecule has 2 unspecified atom stereocenters. The molecule has 4 bridgehead atoms. The van der Waals surface area contributed by atoms with Crippen molar-refractivity contribution in [3.05, 3.63) is 17.8 Å². The van der Waals surface area contributed by atoms with Crippen LogP contribution >= 0.6 is 0 Å². The number of aromatic nitrogens is 2. The first-order chi connectivity index (χ1) is 16.0. The van der Waals surface area contributed by atoms with Crippen molar-refractivity contribution in [2.45, 2.75) is 78.4 Å². The molecule has 0 radical (unpaired) electrons. The number of nitrogens with zero attached hydrogens (tertiary/aromatic N) is 2. The smallest absolute Gasteiger partial charge is 0.258 e. The number of ether oxygens (including phenoxy) is 1. The number of hydrogen-bond donors (Lipinski definition) is 3. The fraction of sp³-hybridized carbons (Fsp3) is 0.731. The molecule has 1 heterocycles. The minimum atomic E-state index is -0.736. The molecule has 2 amide bonds. The zero-order chi connectivity index (χ0) is 24.7. The second kappa shape index (κ2) is 9.36. The Morgan fingerprint density at radius 3 is 2.56 bits per heavy atom. The molecular formula is C26H40N4O4. The molecule has 0 saturated heterocycles. The summed E-state index contributed by atoms with van der Waals surface area (Å²) in [5.74, 6) is 1.63. The van der Waals surface area contributed by atoms with E-state index in [1.165, 1.54) is 10.9 Å². The lowest BCUT2D eigenvalue weighted by Gasteiger charge is -2.58. The van der Waals surface area contributed by atoms with Gasteiger partial charge in [0.05, 0.1) is 23.8 Å².